The van der Waals surface area contributed by atoms with E-state index in [2.05, 4.69) is 22.8 Å². The molecule has 2 N–H and O–H groups in total. The minimum absolute atomic E-state index is 0.00994. The van der Waals surface area contributed by atoms with Crippen molar-refractivity contribution in [1.82, 2.24) is 20.4 Å². The number of piperidine rings is 1. The highest BCUT2D eigenvalue weighted by atomic mass is 16.6. The van der Waals surface area contributed by atoms with Crippen LogP contribution >= 0.6 is 0 Å². The van der Waals surface area contributed by atoms with Crippen LogP contribution in [0.5, 0.6) is 0 Å². The maximum absolute atomic E-state index is 14.8. The second-order valence-electron chi connectivity index (χ2n) is 17.0. The number of likely N-dealkylation sites (tertiary alicyclic amines) is 1. The Balaban J connectivity index is 1.12. The summed E-state index contributed by atoms with van der Waals surface area (Å²) in [6, 6.07) is 31.5. The van der Waals surface area contributed by atoms with Crippen molar-refractivity contribution in [2.24, 2.45) is 0 Å². The number of hydrogen-bond donors (Lipinski definition) is 2. The van der Waals surface area contributed by atoms with Crippen LogP contribution in [0.15, 0.2) is 109 Å². The molecule has 1 heterocycles. The number of fused-ring (bicyclic) bond motifs is 3. The van der Waals surface area contributed by atoms with Crippen LogP contribution in [-0.4, -0.2) is 90.6 Å². The fourth-order valence-electron chi connectivity index (χ4n) is 9.21. The number of rotatable bonds is 15. The molecule has 0 bridgehead atoms. The van der Waals surface area contributed by atoms with E-state index in [4.69, 9.17) is 9.47 Å². The highest BCUT2D eigenvalue weighted by molar-refractivity contribution is 5.95. The van der Waals surface area contributed by atoms with Gasteiger partial charge < -0.3 is 29.9 Å². The third-order valence-electron chi connectivity index (χ3n) is 12.6. The van der Waals surface area contributed by atoms with Crippen molar-refractivity contribution in [3.05, 3.63) is 131 Å². The van der Waals surface area contributed by atoms with Crippen LogP contribution in [0.25, 0.3) is 11.1 Å². The first-order valence-corrected chi connectivity index (χ1v) is 22.5. The standard InChI is InChI=1S/C51H60N4O7/c1-54(46(33-37-22-10-6-11-23-37)48(57)52-44(32-36-20-8-5-9-21-36)50(59)55-30-18-7-19-31-55)49(58)45(34-47(56)62-38-24-12-3-2-4-13-25-38)53-51(60)61-35-43-41-28-16-14-26-39(41)40-27-15-17-29-42(40)43/h5-6,8-11,14-17,20-23,26-29,38,43-46H,2-4,7,12-13,18-19,24-25,30-35H2,1H3,(H,52,57)(H,53,60)/t44-,45-,46-/m0/s1. The molecule has 62 heavy (non-hydrogen) atoms. The summed E-state index contributed by atoms with van der Waals surface area (Å²) in [5, 5.41) is 5.75. The Morgan fingerprint density at radius 2 is 1.18 bits per heavy atom. The zero-order valence-corrected chi connectivity index (χ0v) is 35.8. The van der Waals surface area contributed by atoms with Crippen molar-refractivity contribution in [3.8, 4) is 11.1 Å². The van der Waals surface area contributed by atoms with Gasteiger partial charge in [-0.05, 0) is 78.3 Å². The number of carbonyl (C=O) groups is 5. The van der Waals surface area contributed by atoms with Gasteiger partial charge in [-0.25, -0.2) is 4.79 Å². The van der Waals surface area contributed by atoms with Crippen molar-refractivity contribution < 1.29 is 33.4 Å². The van der Waals surface area contributed by atoms with Crippen molar-refractivity contribution >= 4 is 29.8 Å². The number of amides is 4. The predicted molar refractivity (Wildman–Crippen MR) is 238 cm³/mol. The molecule has 4 aromatic carbocycles. The molecule has 326 valence electrons. The Bertz CT molecular complexity index is 2090. The summed E-state index contributed by atoms with van der Waals surface area (Å²) in [6.45, 7) is 1.24. The monoisotopic (exact) mass is 840 g/mol. The van der Waals surface area contributed by atoms with E-state index >= 15 is 0 Å². The molecule has 1 saturated heterocycles. The first-order valence-electron chi connectivity index (χ1n) is 22.5. The van der Waals surface area contributed by atoms with Gasteiger partial charge in [-0.2, -0.15) is 0 Å². The van der Waals surface area contributed by atoms with E-state index in [0.717, 1.165) is 97.6 Å². The molecule has 4 aromatic rings. The van der Waals surface area contributed by atoms with Gasteiger partial charge in [0.15, 0.2) is 0 Å². The number of nitrogens with zero attached hydrogens (tertiary/aromatic N) is 2. The third-order valence-corrected chi connectivity index (χ3v) is 12.6. The molecule has 11 nitrogen and oxygen atoms in total. The van der Waals surface area contributed by atoms with E-state index in [9.17, 15) is 24.0 Å². The fraction of sp³-hybridized carbons (Fsp3) is 0.431. The molecule has 11 heteroatoms. The van der Waals surface area contributed by atoms with E-state index < -0.39 is 48.4 Å². The summed E-state index contributed by atoms with van der Waals surface area (Å²) in [4.78, 5) is 74.1. The summed E-state index contributed by atoms with van der Waals surface area (Å²) in [7, 11) is 1.50. The molecule has 1 aliphatic heterocycles. The SMILES string of the molecule is CN(C(=O)[C@H](CC(=O)OC1CCCCCCC1)NC(=O)OCC1c2ccccc2-c2ccccc21)[C@@H](Cc1ccccc1)C(=O)N[C@@H](Cc1ccccc1)C(=O)N1CCCCC1. The molecular weight excluding hydrogens is 781 g/mol. The number of likely N-dealkylation sites (N-methyl/N-ethyl adjacent to an activating group) is 1. The lowest BCUT2D eigenvalue weighted by Crippen LogP contribution is -2.59. The molecule has 0 unspecified atom stereocenters. The minimum Gasteiger partial charge on any atom is -0.462 e. The molecule has 2 aliphatic carbocycles. The topological polar surface area (TPSA) is 134 Å². The third kappa shape index (κ3) is 11.5. The van der Waals surface area contributed by atoms with Crippen molar-refractivity contribution in [3.63, 3.8) is 0 Å². The van der Waals surface area contributed by atoms with E-state index in [1.807, 2.05) is 102 Å². The van der Waals surface area contributed by atoms with Crippen LogP contribution in [0.1, 0.15) is 98.8 Å². The molecule has 1 saturated carbocycles. The molecule has 4 amide bonds. The Morgan fingerprint density at radius 3 is 1.79 bits per heavy atom. The van der Waals surface area contributed by atoms with Gasteiger partial charge in [0.05, 0.1) is 6.42 Å². The quantitative estimate of drug-likeness (QED) is 0.117. The largest absolute Gasteiger partial charge is 0.462 e. The van der Waals surface area contributed by atoms with Crippen LogP contribution in [0.3, 0.4) is 0 Å². The Morgan fingerprint density at radius 1 is 0.645 bits per heavy atom. The van der Waals surface area contributed by atoms with Crippen molar-refractivity contribution in [2.75, 3.05) is 26.7 Å². The van der Waals surface area contributed by atoms with Crippen LogP contribution in [0.2, 0.25) is 0 Å². The predicted octanol–water partition coefficient (Wildman–Crippen LogP) is 7.75. The number of esters is 1. The lowest BCUT2D eigenvalue weighted by Gasteiger charge is -2.34. The van der Waals surface area contributed by atoms with E-state index in [1.54, 1.807) is 0 Å². The summed E-state index contributed by atoms with van der Waals surface area (Å²) in [5.74, 6) is -2.18. The minimum atomic E-state index is -1.40. The Kier molecular flexibility index (Phi) is 15.4. The first kappa shape index (κ1) is 44.1. The van der Waals surface area contributed by atoms with Gasteiger partial charge >= 0.3 is 12.1 Å². The molecule has 0 radical (unpaired) electrons. The van der Waals surface area contributed by atoms with E-state index in [0.29, 0.717) is 13.1 Å². The molecule has 0 aromatic heterocycles. The second kappa shape index (κ2) is 21.7. The number of ether oxygens (including phenoxy) is 2. The van der Waals surface area contributed by atoms with Gasteiger partial charge in [0.1, 0.15) is 30.8 Å². The van der Waals surface area contributed by atoms with Gasteiger partial charge in [-0.1, -0.05) is 128 Å². The molecule has 3 atom stereocenters. The summed E-state index contributed by atoms with van der Waals surface area (Å²) in [6.07, 6.45) is 8.32. The summed E-state index contributed by atoms with van der Waals surface area (Å²) < 4.78 is 11.8. The molecule has 2 fully saturated rings. The second-order valence-corrected chi connectivity index (χ2v) is 17.0. The van der Waals surface area contributed by atoms with Gasteiger partial charge in [0, 0.05) is 38.9 Å². The first-order chi connectivity index (χ1) is 30.2. The fourth-order valence-corrected chi connectivity index (χ4v) is 9.21. The number of hydrogen-bond acceptors (Lipinski definition) is 7. The smallest absolute Gasteiger partial charge is 0.407 e. The van der Waals surface area contributed by atoms with Gasteiger partial charge in [-0.15, -0.1) is 0 Å². The zero-order chi connectivity index (χ0) is 43.3. The van der Waals surface area contributed by atoms with Crippen LogP contribution in [0, 0.1) is 0 Å². The van der Waals surface area contributed by atoms with Gasteiger partial charge in [-0.3, -0.25) is 19.2 Å². The van der Waals surface area contributed by atoms with Gasteiger partial charge in [0.25, 0.3) is 0 Å². The van der Waals surface area contributed by atoms with E-state index in [-0.39, 0.29) is 37.4 Å². The zero-order valence-electron chi connectivity index (χ0n) is 35.8. The number of alkyl carbamates (subject to hydrolysis) is 1. The number of benzene rings is 4. The van der Waals surface area contributed by atoms with Crippen LogP contribution < -0.4 is 10.6 Å². The summed E-state index contributed by atoms with van der Waals surface area (Å²) >= 11 is 0. The molecule has 3 aliphatic rings. The maximum atomic E-state index is 14.8. The summed E-state index contributed by atoms with van der Waals surface area (Å²) in [5.41, 5.74) is 5.91. The highest BCUT2D eigenvalue weighted by Gasteiger charge is 2.37. The van der Waals surface area contributed by atoms with E-state index in [1.165, 1.54) is 11.9 Å². The van der Waals surface area contributed by atoms with Crippen molar-refractivity contribution in [2.45, 2.75) is 114 Å². The molecular formula is C51H60N4O7. The lowest BCUT2D eigenvalue weighted by molar-refractivity contribution is -0.153. The Labute approximate surface area is 365 Å². The van der Waals surface area contributed by atoms with Crippen molar-refractivity contribution in [1.29, 1.82) is 0 Å². The number of carbonyl (C=O) groups excluding carboxylic acids is 5. The van der Waals surface area contributed by atoms with Crippen LogP contribution in [-0.2, 0) is 41.5 Å². The van der Waals surface area contributed by atoms with Crippen LogP contribution in [0.4, 0.5) is 4.79 Å². The van der Waals surface area contributed by atoms with Gasteiger partial charge in [0.2, 0.25) is 17.7 Å². The maximum Gasteiger partial charge on any atom is 0.407 e. The molecule has 0 spiro atoms. The molecule has 7 rings (SSSR count). The Hall–Kier alpha value is -5.97. The average molecular weight is 841 g/mol. The highest BCUT2D eigenvalue weighted by Crippen LogP contribution is 2.44. The lowest BCUT2D eigenvalue weighted by atomic mass is 9.98. The normalized spacial score (nSPS) is 16.9. The number of nitrogens with one attached hydrogen (secondary N) is 2. The average Bonchev–Trinajstić information content (AvgIpc) is 3.61.